The van der Waals surface area contributed by atoms with Gasteiger partial charge in [0.1, 0.15) is 0 Å². The Morgan fingerprint density at radius 1 is 1.36 bits per heavy atom. The van der Waals surface area contributed by atoms with Crippen molar-refractivity contribution in [2.45, 2.75) is 6.42 Å². The minimum absolute atomic E-state index is 0.174. The molecule has 0 radical (unpaired) electrons. The minimum Gasteiger partial charge on any atom is -0.395 e. The van der Waals surface area contributed by atoms with Crippen molar-refractivity contribution in [3.8, 4) is 0 Å². The Bertz CT molecular complexity index is 276. The lowest BCUT2D eigenvalue weighted by atomic mass is 10.1. The van der Waals surface area contributed by atoms with Gasteiger partial charge in [-0.15, -0.1) is 0 Å². The van der Waals surface area contributed by atoms with Gasteiger partial charge >= 0.3 is 0 Å². The fourth-order valence-electron chi connectivity index (χ4n) is 1.52. The molecule has 0 aliphatic rings. The summed E-state index contributed by atoms with van der Waals surface area (Å²) in [5, 5.41) is 8.85. The van der Waals surface area contributed by atoms with Crippen molar-refractivity contribution in [3.63, 3.8) is 0 Å². The standard InChI is InChI=1S/C11H18N2O/c1-13(8-9-14)11-5-3-2-4-10(11)6-7-12/h2-5,14H,6-9,12H2,1H3. The van der Waals surface area contributed by atoms with E-state index in [-0.39, 0.29) is 6.61 Å². The summed E-state index contributed by atoms with van der Waals surface area (Å²) in [6.45, 7) is 1.49. The first-order valence-electron chi connectivity index (χ1n) is 4.89. The van der Waals surface area contributed by atoms with E-state index in [1.54, 1.807) is 0 Å². The highest BCUT2D eigenvalue weighted by Gasteiger charge is 2.04. The average molecular weight is 194 g/mol. The number of nitrogens with two attached hydrogens (primary N) is 1. The van der Waals surface area contributed by atoms with Gasteiger partial charge in [-0.2, -0.15) is 0 Å². The third-order valence-electron chi connectivity index (χ3n) is 2.25. The zero-order chi connectivity index (χ0) is 10.4. The first kappa shape index (κ1) is 11.0. The number of aliphatic hydroxyl groups excluding tert-OH is 1. The Hall–Kier alpha value is -1.06. The molecule has 0 aliphatic heterocycles. The summed E-state index contributed by atoms with van der Waals surface area (Å²) in [5.74, 6) is 0. The van der Waals surface area contributed by atoms with E-state index in [2.05, 4.69) is 12.1 Å². The summed E-state index contributed by atoms with van der Waals surface area (Å²) >= 11 is 0. The molecule has 1 rings (SSSR count). The number of aliphatic hydroxyl groups is 1. The molecule has 0 unspecified atom stereocenters. The molecule has 0 bridgehead atoms. The van der Waals surface area contributed by atoms with E-state index in [1.807, 2.05) is 24.1 Å². The van der Waals surface area contributed by atoms with Gasteiger partial charge in [0.15, 0.2) is 0 Å². The van der Waals surface area contributed by atoms with Crippen LogP contribution in [0.1, 0.15) is 5.56 Å². The van der Waals surface area contributed by atoms with Crippen LogP contribution in [-0.2, 0) is 6.42 Å². The molecule has 0 aliphatic carbocycles. The van der Waals surface area contributed by atoms with Crippen LogP contribution >= 0.6 is 0 Å². The van der Waals surface area contributed by atoms with Gasteiger partial charge in [0.2, 0.25) is 0 Å². The van der Waals surface area contributed by atoms with Crippen molar-refractivity contribution in [1.82, 2.24) is 0 Å². The SMILES string of the molecule is CN(CCO)c1ccccc1CCN. The van der Waals surface area contributed by atoms with Crippen LogP contribution in [0.15, 0.2) is 24.3 Å². The van der Waals surface area contributed by atoms with E-state index < -0.39 is 0 Å². The highest BCUT2D eigenvalue weighted by Crippen LogP contribution is 2.18. The highest BCUT2D eigenvalue weighted by atomic mass is 16.3. The van der Waals surface area contributed by atoms with E-state index in [4.69, 9.17) is 10.8 Å². The van der Waals surface area contributed by atoms with Gasteiger partial charge in [-0.05, 0) is 24.6 Å². The molecule has 1 aromatic rings. The van der Waals surface area contributed by atoms with Gasteiger partial charge in [-0.3, -0.25) is 0 Å². The largest absolute Gasteiger partial charge is 0.395 e. The number of benzene rings is 1. The number of nitrogens with zero attached hydrogens (tertiary/aromatic N) is 1. The Morgan fingerprint density at radius 2 is 2.07 bits per heavy atom. The number of likely N-dealkylation sites (N-methyl/N-ethyl adjacent to an activating group) is 1. The number of para-hydroxylation sites is 1. The van der Waals surface area contributed by atoms with Gasteiger partial charge in [0.25, 0.3) is 0 Å². The first-order chi connectivity index (χ1) is 6.79. The van der Waals surface area contributed by atoms with Gasteiger partial charge in [-0.25, -0.2) is 0 Å². The maximum atomic E-state index is 8.85. The summed E-state index contributed by atoms with van der Waals surface area (Å²) < 4.78 is 0. The monoisotopic (exact) mass is 194 g/mol. The summed E-state index contributed by atoms with van der Waals surface area (Å²) in [5.41, 5.74) is 7.94. The van der Waals surface area contributed by atoms with Gasteiger partial charge in [0.05, 0.1) is 6.61 Å². The first-order valence-corrected chi connectivity index (χ1v) is 4.89. The molecule has 1 aromatic carbocycles. The number of hydrogen-bond acceptors (Lipinski definition) is 3. The predicted molar refractivity (Wildman–Crippen MR) is 59.6 cm³/mol. The molecule has 3 nitrogen and oxygen atoms in total. The van der Waals surface area contributed by atoms with Crippen LogP contribution in [0.4, 0.5) is 5.69 Å². The molecule has 0 amide bonds. The van der Waals surface area contributed by atoms with Crippen molar-refractivity contribution in [2.24, 2.45) is 5.73 Å². The van der Waals surface area contributed by atoms with Gasteiger partial charge in [0, 0.05) is 19.3 Å². The van der Waals surface area contributed by atoms with E-state index >= 15 is 0 Å². The molecule has 0 spiro atoms. The summed E-state index contributed by atoms with van der Waals surface area (Å²) in [7, 11) is 1.98. The highest BCUT2D eigenvalue weighted by molar-refractivity contribution is 5.53. The van der Waals surface area contributed by atoms with Crippen LogP contribution in [0.3, 0.4) is 0 Å². The number of hydrogen-bond donors (Lipinski definition) is 2. The van der Waals surface area contributed by atoms with Crippen LogP contribution in [0, 0.1) is 0 Å². The third kappa shape index (κ3) is 2.72. The topological polar surface area (TPSA) is 49.5 Å². The van der Waals surface area contributed by atoms with Crippen LogP contribution in [0.25, 0.3) is 0 Å². The molecule has 14 heavy (non-hydrogen) atoms. The quantitative estimate of drug-likeness (QED) is 0.722. The molecule has 78 valence electrons. The smallest absolute Gasteiger partial charge is 0.0606 e. The molecule has 0 heterocycles. The van der Waals surface area contributed by atoms with E-state index in [0.717, 1.165) is 12.1 Å². The van der Waals surface area contributed by atoms with Crippen molar-refractivity contribution in [1.29, 1.82) is 0 Å². The molecular weight excluding hydrogens is 176 g/mol. The van der Waals surface area contributed by atoms with Gasteiger partial charge < -0.3 is 15.7 Å². The normalized spacial score (nSPS) is 10.2. The van der Waals surface area contributed by atoms with Crippen molar-refractivity contribution >= 4 is 5.69 Å². The van der Waals surface area contributed by atoms with E-state index in [0.29, 0.717) is 13.1 Å². The second-order valence-corrected chi connectivity index (χ2v) is 3.31. The van der Waals surface area contributed by atoms with Crippen molar-refractivity contribution in [2.75, 3.05) is 31.6 Å². The van der Waals surface area contributed by atoms with E-state index in [1.165, 1.54) is 5.56 Å². The Kier molecular flexibility index (Phi) is 4.43. The predicted octanol–water partition coefficient (Wildman–Crippen LogP) is 0.616. The van der Waals surface area contributed by atoms with Crippen LogP contribution < -0.4 is 10.6 Å². The molecule has 0 saturated carbocycles. The molecule has 0 fully saturated rings. The average Bonchev–Trinajstić information content (AvgIpc) is 2.19. The Morgan fingerprint density at radius 3 is 2.71 bits per heavy atom. The molecule has 3 heteroatoms. The second kappa shape index (κ2) is 5.62. The molecule has 0 saturated heterocycles. The lowest BCUT2D eigenvalue weighted by molar-refractivity contribution is 0.304. The Labute approximate surface area is 85.2 Å². The van der Waals surface area contributed by atoms with Crippen LogP contribution in [0.5, 0.6) is 0 Å². The molecule has 3 N–H and O–H groups in total. The lowest BCUT2D eigenvalue weighted by Crippen LogP contribution is -2.22. The zero-order valence-corrected chi connectivity index (χ0v) is 8.61. The third-order valence-corrected chi connectivity index (χ3v) is 2.25. The molecular formula is C11H18N2O. The summed E-state index contributed by atoms with van der Waals surface area (Å²) in [6.07, 6.45) is 0.881. The molecule has 0 aromatic heterocycles. The van der Waals surface area contributed by atoms with Gasteiger partial charge in [-0.1, -0.05) is 18.2 Å². The fraction of sp³-hybridized carbons (Fsp3) is 0.455. The second-order valence-electron chi connectivity index (χ2n) is 3.31. The van der Waals surface area contributed by atoms with Crippen molar-refractivity contribution < 1.29 is 5.11 Å². The number of anilines is 1. The molecule has 0 atom stereocenters. The van der Waals surface area contributed by atoms with Crippen molar-refractivity contribution in [3.05, 3.63) is 29.8 Å². The maximum Gasteiger partial charge on any atom is 0.0606 e. The van der Waals surface area contributed by atoms with Crippen LogP contribution in [-0.4, -0.2) is 31.9 Å². The minimum atomic E-state index is 0.174. The van der Waals surface area contributed by atoms with Crippen LogP contribution in [0.2, 0.25) is 0 Å². The summed E-state index contributed by atoms with van der Waals surface area (Å²) in [6, 6.07) is 8.15. The Balaban J connectivity index is 2.82. The maximum absolute atomic E-state index is 8.85. The summed E-state index contributed by atoms with van der Waals surface area (Å²) in [4.78, 5) is 2.05. The fourth-order valence-corrected chi connectivity index (χ4v) is 1.52. The van der Waals surface area contributed by atoms with E-state index in [9.17, 15) is 0 Å². The zero-order valence-electron chi connectivity index (χ0n) is 8.61. The lowest BCUT2D eigenvalue weighted by Gasteiger charge is -2.21. The number of rotatable bonds is 5.